The minimum atomic E-state index is -0.847. The van der Waals surface area contributed by atoms with Gasteiger partial charge in [0.05, 0.1) is 24.1 Å². The quantitative estimate of drug-likeness (QED) is 0.910. The molecule has 0 aliphatic rings. The molecule has 2 aromatic rings. The smallest absolute Gasteiger partial charge is 0.317 e. The van der Waals surface area contributed by atoms with Crippen LogP contribution in [0.2, 0.25) is 0 Å². The van der Waals surface area contributed by atoms with Crippen LogP contribution in [0.15, 0.2) is 36.5 Å². The number of aliphatic carboxylic acids is 1. The molecule has 0 saturated carbocycles. The first-order valence-electron chi connectivity index (χ1n) is 6.80. The predicted molar refractivity (Wildman–Crippen MR) is 79.2 cm³/mol. The Morgan fingerprint density at radius 2 is 1.95 bits per heavy atom. The summed E-state index contributed by atoms with van der Waals surface area (Å²) in [5, 5.41) is 17.7. The third kappa shape index (κ3) is 4.13. The summed E-state index contributed by atoms with van der Waals surface area (Å²) < 4.78 is 0. The summed E-state index contributed by atoms with van der Waals surface area (Å²) in [5.41, 5.74) is 1.37. The van der Waals surface area contributed by atoms with E-state index in [1.165, 1.54) is 0 Å². The van der Waals surface area contributed by atoms with Crippen LogP contribution in [0, 0.1) is 0 Å². The fourth-order valence-corrected chi connectivity index (χ4v) is 1.94. The Balaban J connectivity index is 2.15. The lowest BCUT2D eigenvalue weighted by molar-refractivity contribution is -0.139. The van der Waals surface area contributed by atoms with Gasteiger partial charge in [-0.15, -0.1) is 0 Å². The van der Waals surface area contributed by atoms with Gasteiger partial charge in [0, 0.05) is 12.1 Å². The van der Waals surface area contributed by atoms with Gasteiger partial charge in [-0.1, -0.05) is 18.2 Å². The van der Waals surface area contributed by atoms with Gasteiger partial charge >= 0.3 is 5.97 Å². The van der Waals surface area contributed by atoms with E-state index in [1.54, 1.807) is 11.0 Å². The molecular weight excluding hydrogens is 268 g/mol. The standard InChI is InChI=1S/C15H20N4O2/c1-15(2,3)18(11-14(20)21)10-12-9-16-19(17-12)13-7-5-4-6-8-13/h4-9H,10-11H2,1-3H3,(H,20,21). The van der Waals surface area contributed by atoms with Crippen LogP contribution in [-0.4, -0.2) is 43.1 Å². The molecule has 0 bridgehead atoms. The maximum Gasteiger partial charge on any atom is 0.317 e. The summed E-state index contributed by atoms with van der Waals surface area (Å²) in [6.07, 6.45) is 1.67. The van der Waals surface area contributed by atoms with Gasteiger partial charge in [-0.3, -0.25) is 9.69 Å². The van der Waals surface area contributed by atoms with E-state index < -0.39 is 5.97 Å². The van der Waals surface area contributed by atoms with Gasteiger partial charge in [0.2, 0.25) is 0 Å². The van der Waals surface area contributed by atoms with E-state index in [0.29, 0.717) is 6.54 Å². The van der Waals surface area contributed by atoms with Crippen molar-refractivity contribution in [2.75, 3.05) is 6.54 Å². The molecule has 6 nitrogen and oxygen atoms in total. The first kappa shape index (κ1) is 15.2. The fourth-order valence-electron chi connectivity index (χ4n) is 1.94. The van der Waals surface area contributed by atoms with Gasteiger partial charge in [-0.2, -0.15) is 15.0 Å². The Morgan fingerprint density at radius 1 is 1.29 bits per heavy atom. The highest BCUT2D eigenvalue weighted by atomic mass is 16.4. The second-order valence-electron chi connectivity index (χ2n) is 5.88. The van der Waals surface area contributed by atoms with Crippen LogP contribution in [0.1, 0.15) is 26.5 Å². The van der Waals surface area contributed by atoms with E-state index in [0.717, 1.165) is 11.4 Å². The molecule has 0 saturated heterocycles. The van der Waals surface area contributed by atoms with Crippen molar-refractivity contribution in [3.05, 3.63) is 42.2 Å². The molecule has 2 rings (SSSR count). The molecule has 0 atom stereocenters. The molecule has 0 aliphatic heterocycles. The summed E-state index contributed by atoms with van der Waals surface area (Å²) in [6.45, 7) is 6.37. The van der Waals surface area contributed by atoms with Gasteiger partial charge < -0.3 is 5.11 Å². The molecule has 0 spiro atoms. The Labute approximate surface area is 124 Å². The Kier molecular flexibility index (Phi) is 4.37. The van der Waals surface area contributed by atoms with Crippen molar-refractivity contribution >= 4 is 5.97 Å². The number of para-hydroxylation sites is 1. The van der Waals surface area contributed by atoms with Crippen molar-refractivity contribution in [1.29, 1.82) is 0 Å². The zero-order chi connectivity index (χ0) is 15.5. The molecule has 21 heavy (non-hydrogen) atoms. The van der Waals surface area contributed by atoms with E-state index in [1.807, 2.05) is 56.0 Å². The molecule has 112 valence electrons. The van der Waals surface area contributed by atoms with Crippen molar-refractivity contribution < 1.29 is 9.90 Å². The topological polar surface area (TPSA) is 71.2 Å². The largest absolute Gasteiger partial charge is 0.480 e. The first-order valence-corrected chi connectivity index (χ1v) is 6.80. The zero-order valence-electron chi connectivity index (χ0n) is 12.5. The third-order valence-corrected chi connectivity index (χ3v) is 3.15. The SMILES string of the molecule is CC(C)(C)N(CC(=O)O)Cc1cnn(-c2ccccc2)n1. The maximum absolute atomic E-state index is 11.0. The summed E-state index contributed by atoms with van der Waals surface area (Å²) >= 11 is 0. The van der Waals surface area contributed by atoms with Crippen molar-refractivity contribution in [3.8, 4) is 5.69 Å². The van der Waals surface area contributed by atoms with Gasteiger partial charge in [-0.05, 0) is 32.9 Å². The van der Waals surface area contributed by atoms with Crippen LogP contribution < -0.4 is 0 Å². The number of aromatic nitrogens is 3. The summed E-state index contributed by atoms with van der Waals surface area (Å²) in [6, 6.07) is 9.61. The Bertz CT molecular complexity index is 602. The first-order chi connectivity index (χ1) is 9.86. The van der Waals surface area contributed by atoms with Crippen LogP contribution >= 0.6 is 0 Å². The van der Waals surface area contributed by atoms with E-state index in [4.69, 9.17) is 5.11 Å². The normalized spacial score (nSPS) is 11.8. The second-order valence-corrected chi connectivity index (χ2v) is 5.88. The molecule has 0 aliphatic carbocycles. The van der Waals surface area contributed by atoms with Crippen LogP contribution in [0.25, 0.3) is 5.69 Å². The highest BCUT2D eigenvalue weighted by molar-refractivity contribution is 5.69. The predicted octanol–water partition coefficient (Wildman–Crippen LogP) is 1.95. The van der Waals surface area contributed by atoms with E-state index in [2.05, 4.69) is 10.2 Å². The molecule has 1 aromatic heterocycles. The summed E-state index contributed by atoms with van der Waals surface area (Å²) in [5.74, 6) is -0.847. The van der Waals surface area contributed by atoms with Gasteiger partial charge in [0.25, 0.3) is 0 Å². The minimum absolute atomic E-state index is 0.0261. The maximum atomic E-state index is 11.0. The van der Waals surface area contributed by atoms with Crippen molar-refractivity contribution in [3.63, 3.8) is 0 Å². The van der Waals surface area contributed by atoms with Crippen molar-refractivity contribution in [1.82, 2.24) is 19.9 Å². The van der Waals surface area contributed by atoms with Gasteiger partial charge in [0.1, 0.15) is 0 Å². The number of benzene rings is 1. The molecule has 0 radical (unpaired) electrons. The average molecular weight is 288 g/mol. The Hall–Kier alpha value is -2.21. The molecule has 1 N–H and O–H groups in total. The number of carboxylic acid groups (broad SMARTS) is 1. The average Bonchev–Trinajstić information content (AvgIpc) is 2.86. The number of nitrogens with zero attached hydrogens (tertiary/aromatic N) is 4. The van der Waals surface area contributed by atoms with E-state index >= 15 is 0 Å². The van der Waals surface area contributed by atoms with Crippen LogP contribution in [0.3, 0.4) is 0 Å². The highest BCUT2D eigenvalue weighted by Crippen LogP contribution is 2.16. The fraction of sp³-hybridized carbons (Fsp3) is 0.400. The number of carbonyl (C=O) groups is 1. The number of rotatable bonds is 5. The molecule has 0 fully saturated rings. The molecular formula is C15H20N4O2. The van der Waals surface area contributed by atoms with E-state index in [9.17, 15) is 4.79 Å². The van der Waals surface area contributed by atoms with Crippen LogP contribution in [0.4, 0.5) is 0 Å². The minimum Gasteiger partial charge on any atom is -0.480 e. The molecule has 1 heterocycles. The van der Waals surface area contributed by atoms with Crippen LogP contribution in [-0.2, 0) is 11.3 Å². The number of hydrogen-bond acceptors (Lipinski definition) is 4. The lowest BCUT2D eigenvalue weighted by Crippen LogP contribution is -2.43. The molecule has 6 heteroatoms. The number of carboxylic acids is 1. The molecule has 0 amide bonds. The molecule has 1 aromatic carbocycles. The molecule has 0 unspecified atom stereocenters. The monoisotopic (exact) mass is 288 g/mol. The lowest BCUT2D eigenvalue weighted by atomic mass is 10.1. The van der Waals surface area contributed by atoms with Crippen molar-refractivity contribution in [2.24, 2.45) is 0 Å². The summed E-state index contributed by atoms with van der Waals surface area (Å²) in [7, 11) is 0. The van der Waals surface area contributed by atoms with Gasteiger partial charge in [0.15, 0.2) is 0 Å². The van der Waals surface area contributed by atoms with Crippen LogP contribution in [0.5, 0.6) is 0 Å². The second kappa shape index (κ2) is 6.05. The summed E-state index contributed by atoms with van der Waals surface area (Å²) in [4.78, 5) is 14.4. The number of hydrogen-bond donors (Lipinski definition) is 1. The highest BCUT2D eigenvalue weighted by Gasteiger charge is 2.24. The third-order valence-electron chi connectivity index (χ3n) is 3.15. The van der Waals surface area contributed by atoms with Crippen molar-refractivity contribution in [2.45, 2.75) is 32.9 Å². The Morgan fingerprint density at radius 3 is 2.52 bits per heavy atom. The van der Waals surface area contributed by atoms with Gasteiger partial charge in [-0.25, -0.2) is 0 Å². The zero-order valence-corrected chi connectivity index (χ0v) is 12.5. The van der Waals surface area contributed by atoms with E-state index in [-0.39, 0.29) is 12.1 Å². The lowest BCUT2D eigenvalue weighted by Gasteiger charge is -2.33.